The van der Waals surface area contributed by atoms with E-state index in [1.807, 2.05) is 48.5 Å². The second-order valence-electron chi connectivity index (χ2n) is 4.18. The summed E-state index contributed by atoms with van der Waals surface area (Å²) < 4.78 is 12.9. The van der Waals surface area contributed by atoms with Crippen molar-refractivity contribution in [2.45, 2.75) is 6.10 Å². The van der Waals surface area contributed by atoms with Crippen molar-refractivity contribution >= 4 is 31.9 Å². The van der Waals surface area contributed by atoms with E-state index in [0.29, 0.717) is 0 Å². The SMILES string of the molecule is OC(COc1ccc(Br)cc1)COc1ccc(Br)cc1. The molecule has 0 aliphatic rings. The van der Waals surface area contributed by atoms with Gasteiger partial charge in [-0.15, -0.1) is 0 Å². The molecular weight excluding hydrogens is 388 g/mol. The Morgan fingerprint density at radius 1 is 0.750 bits per heavy atom. The molecular formula is C15H14Br2O3. The van der Waals surface area contributed by atoms with Gasteiger partial charge in [0.15, 0.2) is 0 Å². The number of hydrogen-bond acceptors (Lipinski definition) is 3. The standard InChI is InChI=1S/C15H14Br2O3/c16-11-1-5-14(6-2-11)19-9-13(18)10-20-15-7-3-12(17)4-8-15/h1-8,13,18H,9-10H2. The van der Waals surface area contributed by atoms with Crippen molar-refractivity contribution in [3.63, 3.8) is 0 Å². The average Bonchev–Trinajstić information content (AvgIpc) is 2.46. The molecule has 0 aliphatic heterocycles. The van der Waals surface area contributed by atoms with Gasteiger partial charge in [0.2, 0.25) is 0 Å². The molecule has 2 aromatic rings. The molecule has 0 amide bonds. The quantitative estimate of drug-likeness (QED) is 0.794. The summed E-state index contributed by atoms with van der Waals surface area (Å²) in [6.07, 6.45) is -0.678. The van der Waals surface area contributed by atoms with Crippen LogP contribution in [0.25, 0.3) is 0 Å². The van der Waals surface area contributed by atoms with Crippen LogP contribution in [-0.4, -0.2) is 24.4 Å². The predicted molar refractivity (Wildman–Crippen MR) is 85.3 cm³/mol. The van der Waals surface area contributed by atoms with E-state index in [2.05, 4.69) is 31.9 Å². The smallest absolute Gasteiger partial charge is 0.122 e. The molecule has 0 atom stereocenters. The predicted octanol–water partition coefficient (Wildman–Crippen LogP) is 4.03. The van der Waals surface area contributed by atoms with Crippen molar-refractivity contribution in [1.82, 2.24) is 0 Å². The number of aliphatic hydroxyl groups excluding tert-OH is 1. The Morgan fingerprint density at radius 3 is 1.45 bits per heavy atom. The first-order chi connectivity index (χ1) is 9.63. The van der Waals surface area contributed by atoms with Crippen LogP contribution >= 0.6 is 31.9 Å². The third-order valence-corrected chi connectivity index (χ3v) is 3.57. The van der Waals surface area contributed by atoms with Crippen LogP contribution in [0.3, 0.4) is 0 Å². The van der Waals surface area contributed by atoms with Crippen LogP contribution < -0.4 is 9.47 Å². The zero-order valence-corrected chi connectivity index (χ0v) is 13.8. The molecule has 0 aliphatic carbocycles. The van der Waals surface area contributed by atoms with E-state index < -0.39 is 6.10 Å². The van der Waals surface area contributed by atoms with E-state index in [4.69, 9.17) is 9.47 Å². The van der Waals surface area contributed by atoms with Crippen molar-refractivity contribution in [1.29, 1.82) is 0 Å². The zero-order chi connectivity index (χ0) is 14.4. The Hall–Kier alpha value is -1.04. The third kappa shape index (κ3) is 5.15. The van der Waals surface area contributed by atoms with E-state index in [-0.39, 0.29) is 13.2 Å². The first kappa shape index (κ1) is 15.4. The summed E-state index contributed by atoms with van der Waals surface area (Å²) in [4.78, 5) is 0. The van der Waals surface area contributed by atoms with Crippen molar-refractivity contribution < 1.29 is 14.6 Å². The van der Waals surface area contributed by atoms with Gasteiger partial charge in [-0.2, -0.15) is 0 Å². The second kappa shape index (κ2) is 7.67. The lowest BCUT2D eigenvalue weighted by Gasteiger charge is -2.13. The lowest BCUT2D eigenvalue weighted by molar-refractivity contribution is 0.0626. The zero-order valence-electron chi connectivity index (χ0n) is 10.6. The Kier molecular flexibility index (Phi) is 5.88. The van der Waals surface area contributed by atoms with Gasteiger partial charge >= 0.3 is 0 Å². The number of hydrogen-bond donors (Lipinski definition) is 1. The van der Waals surface area contributed by atoms with E-state index in [1.54, 1.807) is 0 Å². The van der Waals surface area contributed by atoms with Crippen LogP contribution in [0.1, 0.15) is 0 Å². The van der Waals surface area contributed by atoms with Crippen molar-refractivity contribution in [2.75, 3.05) is 13.2 Å². The highest BCUT2D eigenvalue weighted by Gasteiger charge is 2.06. The minimum atomic E-state index is -0.678. The van der Waals surface area contributed by atoms with Crippen LogP contribution in [0.4, 0.5) is 0 Å². The van der Waals surface area contributed by atoms with Crippen LogP contribution in [0.2, 0.25) is 0 Å². The summed E-state index contributed by atoms with van der Waals surface area (Å²) in [5, 5.41) is 9.81. The van der Waals surface area contributed by atoms with E-state index in [9.17, 15) is 5.11 Å². The maximum atomic E-state index is 9.81. The van der Waals surface area contributed by atoms with Crippen molar-refractivity contribution in [3.8, 4) is 11.5 Å². The molecule has 0 aromatic heterocycles. The Labute approximate surface area is 134 Å². The molecule has 0 spiro atoms. The van der Waals surface area contributed by atoms with Crippen molar-refractivity contribution in [2.24, 2.45) is 0 Å². The molecule has 1 N–H and O–H groups in total. The molecule has 0 bridgehead atoms. The van der Waals surface area contributed by atoms with Crippen molar-refractivity contribution in [3.05, 3.63) is 57.5 Å². The van der Waals surface area contributed by atoms with Gasteiger partial charge in [-0.25, -0.2) is 0 Å². The Balaban J connectivity index is 1.73. The Bertz CT molecular complexity index is 476. The highest BCUT2D eigenvalue weighted by molar-refractivity contribution is 9.10. The maximum Gasteiger partial charge on any atom is 0.122 e. The van der Waals surface area contributed by atoms with Gasteiger partial charge in [0.25, 0.3) is 0 Å². The van der Waals surface area contributed by atoms with Gasteiger partial charge in [0, 0.05) is 8.95 Å². The van der Waals surface area contributed by atoms with Gasteiger partial charge in [-0.1, -0.05) is 31.9 Å². The summed E-state index contributed by atoms with van der Waals surface area (Å²) in [5.41, 5.74) is 0. The average molecular weight is 402 g/mol. The maximum absolute atomic E-state index is 9.81. The van der Waals surface area contributed by atoms with Crippen LogP contribution in [0, 0.1) is 0 Å². The molecule has 0 unspecified atom stereocenters. The molecule has 3 nitrogen and oxygen atoms in total. The number of benzene rings is 2. The van der Waals surface area contributed by atoms with Gasteiger partial charge < -0.3 is 14.6 Å². The van der Waals surface area contributed by atoms with Gasteiger partial charge in [-0.3, -0.25) is 0 Å². The summed E-state index contributed by atoms with van der Waals surface area (Å²) >= 11 is 6.71. The number of halogens is 2. The van der Waals surface area contributed by atoms with Crippen LogP contribution in [-0.2, 0) is 0 Å². The molecule has 0 fully saturated rings. The van der Waals surface area contributed by atoms with Gasteiger partial charge in [0.1, 0.15) is 30.8 Å². The van der Waals surface area contributed by atoms with Gasteiger partial charge in [-0.05, 0) is 48.5 Å². The highest BCUT2D eigenvalue weighted by Crippen LogP contribution is 2.17. The molecule has 20 heavy (non-hydrogen) atoms. The highest BCUT2D eigenvalue weighted by atomic mass is 79.9. The fraction of sp³-hybridized carbons (Fsp3) is 0.200. The molecule has 106 valence electrons. The molecule has 0 heterocycles. The largest absolute Gasteiger partial charge is 0.491 e. The van der Waals surface area contributed by atoms with Crippen LogP contribution in [0.15, 0.2) is 57.5 Å². The molecule has 0 radical (unpaired) electrons. The lowest BCUT2D eigenvalue weighted by atomic mass is 10.3. The fourth-order valence-corrected chi connectivity index (χ4v) is 2.02. The molecule has 5 heteroatoms. The van der Waals surface area contributed by atoms with E-state index in [0.717, 1.165) is 20.4 Å². The number of rotatable bonds is 6. The first-order valence-electron chi connectivity index (χ1n) is 6.08. The number of aliphatic hydroxyl groups is 1. The first-order valence-corrected chi connectivity index (χ1v) is 7.67. The van der Waals surface area contributed by atoms with Gasteiger partial charge in [0.05, 0.1) is 0 Å². The Morgan fingerprint density at radius 2 is 1.10 bits per heavy atom. The van der Waals surface area contributed by atoms with Crippen LogP contribution in [0.5, 0.6) is 11.5 Å². The summed E-state index contributed by atoms with van der Waals surface area (Å²) in [7, 11) is 0. The second-order valence-corrected chi connectivity index (χ2v) is 6.02. The summed E-state index contributed by atoms with van der Waals surface area (Å²) in [6, 6.07) is 14.9. The molecule has 0 saturated heterocycles. The fourth-order valence-electron chi connectivity index (χ4n) is 1.49. The lowest BCUT2D eigenvalue weighted by Crippen LogP contribution is -2.25. The van der Waals surface area contributed by atoms with E-state index >= 15 is 0 Å². The topological polar surface area (TPSA) is 38.7 Å². The summed E-state index contributed by atoms with van der Waals surface area (Å²) in [5.74, 6) is 1.44. The normalized spacial score (nSPS) is 10.6. The minimum absolute atomic E-state index is 0.193. The van der Waals surface area contributed by atoms with E-state index in [1.165, 1.54) is 0 Å². The third-order valence-electron chi connectivity index (χ3n) is 2.51. The molecule has 2 rings (SSSR count). The number of ether oxygens (including phenoxy) is 2. The minimum Gasteiger partial charge on any atom is -0.491 e. The molecule has 0 saturated carbocycles. The molecule has 2 aromatic carbocycles. The summed E-state index contributed by atoms with van der Waals surface area (Å²) in [6.45, 7) is 0.385. The monoisotopic (exact) mass is 400 g/mol.